The first-order chi connectivity index (χ1) is 16.8. The molecule has 0 aromatic carbocycles. The smallest absolute Gasteiger partial charge is 0.0637 e. The van der Waals surface area contributed by atoms with Crippen molar-refractivity contribution < 1.29 is 18.9 Å². The SMILES string of the molecule is C[Si](C)(C)CCCOCC(COCCC[Si](C)(C)C)(COCCC[Si](C)(C)C)COCCC[Si](C)(C)C. The largest absolute Gasteiger partial charge is 0.381 e. The molecule has 0 aliphatic rings. The quantitative estimate of drug-likeness (QED) is 0.0828. The third-order valence-corrected chi connectivity index (χ3v) is 13.9. The molecule has 224 valence electrons. The van der Waals surface area contributed by atoms with E-state index in [4.69, 9.17) is 18.9 Å². The second-order valence-corrected chi connectivity index (χ2v) is 38.9. The number of ether oxygens (including phenoxy) is 4. The van der Waals surface area contributed by atoms with Gasteiger partial charge in [0.05, 0.1) is 31.8 Å². The van der Waals surface area contributed by atoms with Crippen LogP contribution < -0.4 is 0 Å². The minimum Gasteiger partial charge on any atom is -0.381 e. The molecule has 37 heavy (non-hydrogen) atoms. The summed E-state index contributed by atoms with van der Waals surface area (Å²) < 4.78 is 25.3. The highest BCUT2D eigenvalue weighted by Gasteiger charge is 2.33. The standard InChI is InChI=1S/C29H68O4Si4/c1-34(2,3)21-13-17-30-25-29(26-31-18-14-22-35(4,5)6,27-32-19-15-23-36(7,8)9)28-33-20-16-24-37(10,11)12/h13-28H2,1-12H3. The van der Waals surface area contributed by atoms with E-state index in [1.54, 1.807) is 0 Å². The van der Waals surface area contributed by atoms with Gasteiger partial charge in [-0.2, -0.15) is 0 Å². The van der Waals surface area contributed by atoms with Crippen LogP contribution in [0.15, 0.2) is 0 Å². The maximum atomic E-state index is 6.33. The second kappa shape index (κ2) is 18.2. The average Bonchev–Trinajstić information content (AvgIpc) is 2.69. The van der Waals surface area contributed by atoms with Crippen LogP contribution in [0.4, 0.5) is 0 Å². The summed E-state index contributed by atoms with van der Waals surface area (Å²) in [6, 6.07) is 5.25. The van der Waals surface area contributed by atoms with Crippen molar-refractivity contribution in [2.75, 3.05) is 52.9 Å². The molecule has 0 aromatic rings. The zero-order chi connectivity index (χ0) is 28.6. The predicted molar refractivity (Wildman–Crippen MR) is 177 cm³/mol. The van der Waals surface area contributed by atoms with E-state index in [1.165, 1.54) is 24.2 Å². The van der Waals surface area contributed by atoms with E-state index in [1.807, 2.05) is 0 Å². The van der Waals surface area contributed by atoms with Gasteiger partial charge in [0.2, 0.25) is 0 Å². The van der Waals surface area contributed by atoms with E-state index in [2.05, 4.69) is 78.6 Å². The fourth-order valence-electron chi connectivity index (χ4n) is 4.22. The minimum absolute atomic E-state index is 0.226. The molecule has 0 saturated carbocycles. The molecule has 0 aliphatic carbocycles. The molecule has 8 heteroatoms. The molecular formula is C29H68O4Si4. The zero-order valence-corrected chi connectivity index (χ0v) is 31.4. The van der Waals surface area contributed by atoms with Gasteiger partial charge >= 0.3 is 0 Å². The normalized spacial score (nSPS) is 13.9. The Morgan fingerprint density at radius 1 is 0.351 bits per heavy atom. The molecule has 0 bridgehead atoms. The number of rotatable bonds is 24. The molecule has 0 atom stereocenters. The van der Waals surface area contributed by atoms with Crippen LogP contribution in [0.5, 0.6) is 0 Å². The zero-order valence-electron chi connectivity index (χ0n) is 27.4. The molecule has 0 fully saturated rings. The Kier molecular flexibility index (Phi) is 18.6. The van der Waals surface area contributed by atoms with Crippen molar-refractivity contribution in [2.24, 2.45) is 5.41 Å². The fraction of sp³-hybridized carbons (Fsp3) is 1.00. The first-order valence-electron chi connectivity index (χ1n) is 15.1. The summed E-state index contributed by atoms with van der Waals surface area (Å²) in [6.07, 6.45) is 4.60. The van der Waals surface area contributed by atoms with Gasteiger partial charge in [0.1, 0.15) is 0 Å². The third kappa shape index (κ3) is 26.7. The second-order valence-electron chi connectivity index (χ2n) is 16.4. The van der Waals surface area contributed by atoms with Crippen LogP contribution in [0, 0.1) is 5.41 Å². The summed E-state index contributed by atoms with van der Waals surface area (Å²) in [4.78, 5) is 0. The van der Waals surface area contributed by atoms with E-state index in [-0.39, 0.29) is 5.41 Å². The fourth-order valence-corrected chi connectivity index (χ4v) is 9.04. The van der Waals surface area contributed by atoms with Crippen molar-refractivity contribution in [1.82, 2.24) is 0 Å². The van der Waals surface area contributed by atoms with E-state index < -0.39 is 32.3 Å². The maximum absolute atomic E-state index is 6.33. The Bertz CT molecular complexity index is 459. The van der Waals surface area contributed by atoms with Crippen LogP contribution in [0.2, 0.25) is 103 Å². The molecule has 0 rings (SSSR count). The topological polar surface area (TPSA) is 36.9 Å². The Hall–Kier alpha value is 0.708. The van der Waals surface area contributed by atoms with Gasteiger partial charge in [0.15, 0.2) is 0 Å². The summed E-state index contributed by atoms with van der Waals surface area (Å²) in [5.41, 5.74) is -0.226. The van der Waals surface area contributed by atoms with Crippen molar-refractivity contribution in [1.29, 1.82) is 0 Å². The first kappa shape index (κ1) is 37.7. The Labute approximate surface area is 237 Å². The lowest BCUT2D eigenvalue weighted by atomic mass is 9.92. The van der Waals surface area contributed by atoms with Crippen molar-refractivity contribution in [3.63, 3.8) is 0 Å². The molecule has 0 unspecified atom stereocenters. The van der Waals surface area contributed by atoms with Gasteiger partial charge in [-0.05, 0) is 25.7 Å². The van der Waals surface area contributed by atoms with Gasteiger partial charge in [0, 0.05) is 58.7 Å². The van der Waals surface area contributed by atoms with Crippen LogP contribution in [0.1, 0.15) is 25.7 Å². The van der Waals surface area contributed by atoms with E-state index in [0.29, 0.717) is 26.4 Å². The summed E-state index contributed by atoms with van der Waals surface area (Å²) >= 11 is 0. The van der Waals surface area contributed by atoms with Crippen LogP contribution in [0.25, 0.3) is 0 Å². The molecular weight excluding hydrogens is 525 g/mol. The average molecular weight is 593 g/mol. The monoisotopic (exact) mass is 592 g/mol. The minimum atomic E-state index is -1.03. The van der Waals surface area contributed by atoms with Gasteiger partial charge in [-0.15, -0.1) is 0 Å². The summed E-state index contributed by atoms with van der Waals surface area (Å²) in [5.74, 6) is 0. The molecule has 0 aromatic heterocycles. The van der Waals surface area contributed by atoms with Gasteiger partial charge in [-0.3, -0.25) is 0 Å². The first-order valence-corrected chi connectivity index (χ1v) is 30.0. The van der Waals surface area contributed by atoms with Crippen LogP contribution in [0.3, 0.4) is 0 Å². The predicted octanol–water partition coefficient (Wildman–Crippen LogP) is 8.95. The van der Waals surface area contributed by atoms with Crippen molar-refractivity contribution >= 4 is 32.3 Å². The highest BCUT2D eigenvalue weighted by molar-refractivity contribution is 6.77. The van der Waals surface area contributed by atoms with Gasteiger partial charge < -0.3 is 18.9 Å². The highest BCUT2D eigenvalue weighted by Crippen LogP contribution is 2.23. The van der Waals surface area contributed by atoms with E-state index in [0.717, 1.165) is 52.1 Å². The van der Waals surface area contributed by atoms with Crippen molar-refractivity contribution in [3.05, 3.63) is 0 Å². The molecule has 4 nitrogen and oxygen atoms in total. The third-order valence-electron chi connectivity index (χ3n) is 6.49. The van der Waals surface area contributed by atoms with Gasteiger partial charge in [0.25, 0.3) is 0 Å². The Morgan fingerprint density at radius 3 is 0.703 bits per heavy atom. The highest BCUT2D eigenvalue weighted by atomic mass is 28.3. The van der Waals surface area contributed by atoms with Gasteiger partial charge in [-0.25, -0.2) is 0 Å². The Balaban J connectivity index is 5.12. The molecule has 0 radical (unpaired) electrons. The lowest BCUT2D eigenvalue weighted by Gasteiger charge is -2.33. The lowest BCUT2D eigenvalue weighted by Crippen LogP contribution is -2.42. The van der Waals surface area contributed by atoms with Crippen molar-refractivity contribution in [3.8, 4) is 0 Å². The van der Waals surface area contributed by atoms with Crippen LogP contribution in [-0.2, 0) is 18.9 Å². The molecule has 0 spiro atoms. The summed E-state index contributed by atoms with van der Waals surface area (Å²) in [6.45, 7) is 35.2. The molecule has 0 aliphatic heterocycles. The number of hydrogen-bond donors (Lipinski definition) is 0. The molecule has 0 amide bonds. The molecule has 0 heterocycles. The number of hydrogen-bond acceptors (Lipinski definition) is 4. The Morgan fingerprint density at radius 2 is 0.541 bits per heavy atom. The van der Waals surface area contributed by atoms with Crippen LogP contribution >= 0.6 is 0 Å². The van der Waals surface area contributed by atoms with Gasteiger partial charge in [-0.1, -0.05) is 103 Å². The maximum Gasteiger partial charge on any atom is 0.0637 e. The lowest BCUT2D eigenvalue weighted by molar-refractivity contribution is -0.106. The van der Waals surface area contributed by atoms with E-state index in [9.17, 15) is 0 Å². The van der Waals surface area contributed by atoms with Crippen molar-refractivity contribution in [2.45, 2.75) is 128 Å². The summed E-state index contributed by atoms with van der Waals surface area (Å²) in [7, 11) is -4.14. The van der Waals surface area contributed by atoms with Crippen LogP contribution in [-0.4, -0.2) is 85.2 Å². The molecule has 0 saturated heterocycles. The summed E-state index contributed by atoms with van der Waals surface area (Å²) in [5, 5.41) is 0. The molecule has 0 N–H and O–H groups in total. The van der Waals surface area contributed by atoms with E-state index >= 15 is 0 Å².